The first kappa shape index (κ1) is 14.6. The highest BCUT2D eigenvalue weighted by molar-refractivity contribution is 5.84. The number of aromatic carboxylic acids is 1. The minimum atomic E-state index is -1.10. The molecular formula is C15H21NO4. The van der Waals surface area contributed by atoms with Gasteiger partial charge in [0.1, 0.15) is 5.76 Å². The van der Waals surface area contributed by atoms with Crippen LogP contribution < -0.4 is 5.32 Å². The third kappa shape index (κ3) is 3.03. The van der Waals surface area contributed by atoms with Crippen molar-refractivity contribution in [3.63, 3.8) is 0 Å². The van der Waals surface area contributed by atoms with E-state index in [9.17, 15) is 9.59 Å². The topological polar surface area (TPSA) is 79.5 Å². The maximum absolute atomic E-state index is 12.3. The Hall–Kier alpha value is -1.78. The summed E-state index contributed by atoms with van der Waals surface area (Å²) in [5, 5.41) is 11.6. The van der Waals surface area contributed by atoms with Crippen LogP contribution in [-0.4, -0.2) is 17.0 Å². The molecule has 1 aliphatic rings. The molecule has 1 saturated carbocycles. The fourth-order valence-corrected chi connectivity index (χ4v) is 2.82. The lowest BCUT2D eigenvalue weighted by Gasteiger charge is -2.30. The van der Waals surface area contributed by atoms with Gasteiger partial charge in [-0.2, -0.15) is 0 Å². The van der Waals surface area contributed by atoms with E-state index >= 15 is 0 Å². The first-order valence-electron chi connectivity index (χ1n) is 7.01. The van der Waals surface area contributed by atoms with E-state index in [1.54, 1.807) is 6.07 Å². The fraction of sp³-hybridized carbons (Fsp3) is 0.600. The summed E-state index contributed by atoms with van der Waals surface area (Å²) < 4.78 is 5.12. The third-order valence-corrected chi connectivity index (χ3v) is 4.26. The van der Waals surface area contributed by atoms with Crippen molar-refractivity contribution >= 4 is 11.9 Å². The molecule has 0 radical (unpaired) electrons. The van der Waals surface area contributed by atoms with Gasteiger partial charge in [0.05, 0.1) is 6.54 Å². The van der Waals surface area contributed by atoms with E-state index in [1.807, 2.05) is 13.8 Å². The van der Waals surface area contributed by atoms with Crippen LogP contribution in [0.4, 0.5) is 0 Å². The number of furan rings is 1. The molecule has 0 spiro atoms. The summed E-state index contributed by atoms with van der Waals surface area (Å²) in [6.45, 7) is 4.18. The molecule has 5 nitrogen and oxygen atoms in total. The first-order chi connectivity index (χ1) is 9.41. The van der Waals surface area contributed by atoms with Gasteiger partial charge in [0, 0.05) is 5.41 Å². The smallest absolute Gasteiger partial charge is 0.371 e. The highest BCUT2D eigenvalue weighted by Gasteiger charge is 2.37. The minimum Gasteiger partial charge on any atom is -0.475 e. The van der Waals surface area contributed by atoms with Crippen molar-refractivity contribution in [1.82, 2.24) is 5.32 Å². The minimum absolute atomic E-state index is 0.00215. The number of hydrogen-bond donors (Lipinski definition) is 2. The average molecular weight is 279 g/mol. The van der Waals surface area contributed by atoms with E-state index in [0.717, 1.165) is 12.8 Å². The van der Waals surface area contributed by atoms with Gasteiger partial charge in [-0.25, -0.2) is 4.79 Å². The second-order valence-corrected chi connectivity index (χ2v) is 5.96. The number of hydrogen-bond acceptors (Lipinski definition) is 3. The quantitative estimate of drug-likeness (QED) is 0.868. The summed E-state index contributed by atoms with van der Waals surface area (Å²) in [6, 6.07) is 2.97. The van der Waals surface area contributed by atoms with Crippen LogP contribution in [0, 0.1) is 11.3 Å². The molecule has 1 amide bonds. The SMILES string of the molecule is CC(C)(C(=O)NCc1ccc(C(=O)O)o1)C1CCCC1. The zero-order chi connectivity index (χ0) is 14.8. The van der Waals surface area contributed by atoms with Gasteiger partial charge >= 0.3 is 5.97 Å². The van der Waals surface area contributed by atoms with Gasteiger partial charge in [-0.1, -0.05) is 26.7 Å². The largest absolute Gasteiger partial charge is 0.475 e. The van der Waals surface area contributed by atoms with Gasteiger partial charge in [-0.3, -0.25) is 4.79 Å². The summed E-state index contributed by atoms with van der Waals surface area (Å²) >= 11 is 0. The Morgan fingerprint density at radius 3 is 2.55 bits per heavy atom. The van der Waals surface area contributed by atoms with E-state index in [0.29, 0.717) is 11.7 Å². The van der Waals surface area contributed by atoms with Crippen molar-refractivity contribution in [1.29, 1.82) is 0 Å². The van der Waals surface area contributed by atoms with Crippen LogP contribution in [0.5, 0.6) is 0 Å². The maximum Gasteiger partial charge on any atom is 0.371 e. The molecule has 1 aliphatic carbocycles. The number of carbonyl (C=O) groups excluding carboxylic acids is 1. The summed E-state index contributed by atoms with van der Waals surface area (Å²) in [7, 11) is 0. The summed E-state index contributed by atoms with van der Waals surface area (Å²) in [6.07, 6.45) is 4.59. The van der Waals surface area contributed by atoms with E-state index in [2.05, 4.69) is 5.32 Å². The number of amides is 1. The third-order valence-electron chi connectivity index (χ3n) is 4.26. The zero-order valence-electron chi connectivity index (χ0n) is 11.9. The number of rotatable bonds is 5. The van der Waals surface area contributed by atoms with E-state index < -0.39 is 11.4 Å². The molecule has 20 heavy (non-hydrogen) atoms. The first-order valence-corrected chi connectivity index (χ1v) is 7.01. The average Bonchev–Trinajstić information content (AvgIpc) is 3.06. The number of carboxylic acids is 1. The molecule has 0 saturated heterocycles. The number of carboxylic acid groups (broad SMARTS) is 1. The molecule has 110 valence electrons. The number of carbonyl (C=O) groups is 2. The van der Waals surface area contributed by atoms with Crippen LogP contribution in [-0.2, 0) is 11.3 Å². The second kappa shape index (κ2) is 5.69. The van der Waals surface area contributed by atoms with Crippen LogP contribution in [0.2, 0.25) is 0 Å². The predicted molar refractivity (Wildman–Crippen MR) is 73.3 cm³/mol. The molecule has 0 aromatic carbocycles. The van der Waals surface area contributed by atoms with Crippen LogP contribution in [0.3, 0.4) is 0 Å². The molecule has 5 heteroatoms. The Labute approximate surface area is 118 Å². The molecule has 1 fully saturated rings. The summed E-state index contributed by atoms with van der Waals surface area (Å²) in [5.74, 6) is -0.331. The van der Waals surface area contributed by atoms with E-state index in [1.165, 1.54) is 18.9 Å². The standard InChI is InChI=1S/C15H21NO4/c1-15(2,10-5-3-4-6-10)14(19)16-9-11-7-8-12(20-11)13(17)18/h7-8,10H,3-6,9H2,1-2H3,(H,16,19)(H,17,18). The molecule has 0 aliphatic heterocycles. The summed E-state index contributed by atoms with van der Waals surface area (Å²) in [5.41, 5.74) is -0.390. The van der Waals surface area contributed by atoms with Crippen molar-refractivity contribution in [2.24, 2.45) is 11.3 Å². The molecule has 2 N–H and O–H groups in total. The van der Waals surface area contributed by atoms with Gasteiger partial charge in [-0.05, 0) is 30.9 Å². The molecule has 0 bridgehead atoms. The van der Waals surface area contributed by atoms with Crippen molar-refractivity contribution in [2.45, 2.75) is 46.1 Å². The highest BCUT2D eigenvalue weighted by Crippen LogP contribution is 2.39. The lowest BCUT2D eigenvalue weighted by molar-refractivity contribution is -0.132. The Bertz CT molecular complexity index is 498. The van der Waals surface area contributed by atoms with Gasteiger partial charge in [0.15, 0.2) is 0 Å². The van der Waals surface area contributed by atoms with Crippen molar-refractivity contribution in [3.05, 3.63) is 23.7 Å². The zero-order valence-corrected chi connectivity index (χ0v) is 11.9. The van der Waals surface area contributed by atoms with Crippen molar-refractivity contribution in [3.8, 4) is 0 Å². The lowest BCUT2D eigenvalue weighted by Crippen LogP contribution is -2.40. The molecule has 0 atom stereocenters. The molecule has 2 rings (SSSR count). The predicted octanol–water partition coefficient (Wildman–Crippen LogP) is 2.81. The Morgan fingerprint density at radius 2 is 2.00 bits per heavy atom. The molecule has 1 aromatic heterocycles. The van der Waals surface area contributed by atoms with Crippen LogP contribution in [0.15, 0.2) is 16.5 Å². The molecule has 1 aromatic rings. The van der Waals surface area contributed by atoms with Crippen molar-refractivity contribution < 1.29 is 19.1 Å². The summed E-state index contributed by atoms with van der Waals surface area (Å²) in [4.78, 5) is 23.0. The maximum atomic E-state index is 12.3. The van der Waals surface area contributed by atoms with Gasteiger partial charge in [-0.15, -0.1) is 0 Å². The molecule has 0 unspecified atom stereocenters. The van der Waals surface area contributed by atoms with E-state index in [4.69, 9.17) is 9.52 Å². The van der Waals surface area contributed by atoms with Crippen molar-refractivity contribution in [2.75, 3.05) is 0 Å². The Kier molecular flexibility index (Phi) is 4.16. The molecule has 1 heterocycles. The highest BCUT2D eigenvalue weighted by atomic mass is 16.4. The second-order valence-electron chi connectivity index (χ2n) is 5.96. The lowest BCUT2D eigenvalue weighted by atomic mass is 9.77. The van der Waals surface area contributed by atoms with Crippen LogP contribution in [0.1, 0.15) is 55.8 Å². The van der Waals surface area contributed by atoms with Crippen LogP contribution in [0.25, 0.3) is 0 Å². The fourth-order valence-electron chi connectivity index (χ4n) is 2.82. The Morgan fingerprint density at radius 1 is 1.35 bits per heavy atom. The molecular weight excluding hydrogens is 258 g/mol. The van der Waals surface area contributed by atoms with Gasteiger partial charge in [0.25, 0.3) is 0 Å². The van der Waals surface area contributed by atoms with Gasteiger partial charge in [0.2, 0.25) is 11.7 Å². The number of nitrogens with one attached hydrogen (secondary N) is 1. The monoisotopic (exact) mass is 279 g/mol. The normalized spacial score (nSPS) is 16.3. The van der Waals surface area contributed by atoms with Gasteiger partial charge < -0.3 is 14.8 Å². The van der Waals surface area contributed by atoms with Crippen LogP contribution >= 0.6 is 0 Å². The van der Waals surface area contributed by atoms with E-state index in [-0.39, 0.29) is 18.2 Å². The Balaban J connectivity index is 1.92.